The van der Waals surface area contributed by atoms with Crippen LogP contribution in [0.5, 0.6) is 0 Å². The molecule has 1 nitrogen and oxygen atoms in total. The third-order valence-electron chi connectivity index (χ3n) is 1.01. The van der Waals surface area contributed by atoms with E-state index >= 15 is 0 Å². The lowest BCUT2D eigenvalue weighted by Crippen LogP contribution is -2.24. The Morgan fingerprint density at radius 2 is 2.40 bits per heavy atom. The van der Waals surface area contributed by atoms with Gasteiger partial charge in [-0.25, -0.2) is 0 Å². The molecule has 0 aliphatic heterocycles. The maximum Gasteiger partial charge on any atom is 0.455 e. The summed E-state index contributed by atoms with van der Waals surface area (Å²) in [5.74, 6) is 0.709. The van der Waals surface area contributed by atoms with E-state index in [-0.39, 0.29) is 0 Å². The molecule has 0 aliphatic rings. The summed E-state index contributed by atoms with van der Waals surface area (Å²) in [5.41, 5.74) is 0. The minimum Gasteiger partial charge on any atom is -0.316 e. The van der Waals surface area contributed by atoms with Crippen molar-refractivity contribution in [2.24, 2.45) is 0 Å². The average Bonchev–Trinajstić information content (AvgIpc) is 1.98. The Bertz CT molecular complexity index is 99.7. The third kappa shape index (κ3) is 4.88. The van der Waals surface area contributed by atoms with Gasteiger partial charge in [0.2, 0.25) is 0 Å². The highest BCUT2D eigenvalue weighted by Crippen LogP contribution is 1.97. The Labute approximate surface area is 67.0 Å². The van der Waals surface area contributed by atoms with Crippen LogP contribution in [0.25, 0.3) is 0 Å². The molecule has 0 amide bonds. The lowest BCUT2D eigenvalue weighted by molar-refractivity contribution is 0.533. The average molecular weight is 160 g/mol. The molecule has 57 valence electrons. The molecule has 0 spiro atoms. The van der Waals surface area contributed by atoms with Crippen molar-refractivity contribution in [3.63, 3.8) is 0 Å². The molecule has 0 aromatic rings. The van der Waals surface area contributed by atoms with Gasteiger partial charge in [0.1, 0.15) is 0 Å². The summed E-state index contributed by atoms with van der Waals surface area (Å²) < 4.78 is 11.9. The number of thioether (sulfide) groups is 1. The van der Waals surface area contributed by atoms with Crippen LogP contribution in [0.2, 0.25) is 0 Å². The molecule has 0 unspecified atom stereocenters. The first-order chi connectivity index (χ1) is 4.85. The van der Waals surface area contributed by atoms with Gasteiger partial charge in [0.25, 0.3) is 0 Å². The molecule has 0 fully saturated rings. The van der Waals surface area contributed by atoms with Crippen LogP contribution in [-0.2, 0) is 0 Å². The Morgan fingerprint density at radius 3 is 2.80 bits per heavy atom. The van der Waals surface area contributed by atoms with Crippen LogP contribution in [-0.4, -0.2) is 31.2 Å². The lowest BCUT2D eigenvalue weighted by atomic mass is 10.2. The lowest BCUT2D eigenvalue weighted by Gasteiger charge is -2.12. The summed E-state index contributed by atoms with van der Waals surface area (Å²) in [5, 5.41) is 0. The monoisotopic (exact) mass is 160 g/mol. The van der Waals surface area contributed by atoms with Gasteiger partial charge in [-0.1, -0.05) is 12.2 Å². The molecule has 0 heterocycles. The van der Waals surface area contributed by atoms with Gasteiger partial charge in [-0.15, -0.1) is 0 Å². The highest BCUT2D eigenvalue weighted by atomic mass is 32.2. The van der Waals surface area contributed by atoms with Crippen LogP contribution in [0.15, 0.2) is 12.2 Å². The standard InChI is InChI=1S/C6H12BFNS/c1-3-4-5-9(7-8)6-10-2/h3-4H,5-6H2,1-2H3/b4-3+. The van der Waals surface area contributed by atoms with Crippen LogP contribution < -0.4 is 0 Å². The SMILES string of the molecule is C/C=C/CN([B]F)CSC. The van der Waals surface area contributed by atoms with E-state index in [1.165, 1.54) is 0 Å². The largest absolute Gasteiger partial charge is 0.455 e. The van der Waals surface area contributed by atoms with Gasteiger partial charge in [0, 0.05) is 12.4 Å². The van der Waals surface area contributed by atoms with Crippen LogP contribution in [0.4, 0.5) is 4.32 Å². The molecular weight excluding hydrogens is 148 g/mol. The van der Waals surface area contributed by atoms with Crippen molar-refractivity contribution < 1.29 is 4.32 Å². The fourth-order valence-electron chi connectivity index (χ4n) is 0.527. The minimum atomic E-state index is 0.622. The molecule has 0 atom stereocenters. The van der Waals surface area contributed by atoms with Crippen LogP contribution in [0.3, 0.4) is 0 Å². The van der Waals surface area contributed by atoms with E-state index < -0.39 is 0 Å². The second-order valence-electron chi connectivity index (χ2n) is 1.86. The van der Waals surface area contributed by atoms with E-state index in [0.29, 0.717) is 20.1 Å². The molecule has 0 aromatic heterocycles. The molecule has 0 N–H and O–H groups in total. The predicted molar refractivity (Wildman–Crippen MR) is 46.8 cm³/mol. The maximum atomic E-state index is 11.9. The van der Waals surface area contributed by atoms with Gasteiger partial charge in [-0.2, -0.15) is 11.8 Å². The fourth-order valence-corrected chi connectivity index (χ4v) is 1.02. The number of rotatable bonds is 5. The Kier molecular flexibility index (Phi) is 7.19. The summed E-state index contributed by atoms with van der Waals surface area (Å²) in [7, 11) is 0.622. The first kappa shape index (κ1) is 10.0. The first-order valence-corrected chi connectivity index (χ1v) is 4.52. The number of nitrogens with zero attached hydrogens (tertiary/aromatic N) is 1. The van der Waals surface area contributed by atoms with E-state index in [2.05, 4.69) is 0 Å². The van der Waals surface area contributed by atoms with Crippen molar-refractivity contribution in [3.05, 3.63) is 12.2 Å². The Balaban J connectivity index is 3.39. The third-order valence-corrected chi connectivity index (χ3v) is 1.60. The normalized spacial score (nSPS) is 11.2. The van der Waals surface area contributed by atoms with E-state index in [1.807, 2.05) is 25.3 Å². The molecule has 0 rings (SSSR count). The van der Waals surface area contributed by atoms with Crippen molar-refractivity contribution >= 4 is 19.5 Å². The number of allylic oxidation sites excluding steroid dienone is 1. The molecule has 1 radical (unpaired) electrons. The van der Waals surface area contributed by atoms with E-state index in [4.69, 9.17) is 0 Å². The second-order valence-corrected chi connectivity index (χ2v) is 2.69. The van der Waals surface area contributed by atoms with Crippen LogP contribution in [0, 0.1) is 0 Å². The molecule has 10 heavy (non-hydrogen) atoms. The molecule has 0 saturated carbocycles. The molecule has 0 saturated heterocycles. The Hall–Kier alpha value is 0.0449. The zero-order valence-electron chi connectivity index (χ0n) is 6.38. The zero-order valence-corrected chi connectivity index (χ0v) is 7.20. The van der Waals surface area contributed by atoms with E-state index in [1.54, 1.807) is 16.6 Å². The summed E-state index contributed by atoms with van der Waals surface area (Å²) in [6.07, 6.45) is 5.79. The molecule has 0 aliphatic carbocycles. The molecular formula is C6H12BFNS. The van der Waals surface area contributed by atoms with E-state index in [9.17, 15) is 4.32 Å². The maximum absolute atomic E-state index is 11.9. The van der Waals surface area contributed by atoms with Crippen molar-refractivity contribution in [2.45, 2.75) is 6.92 Å². The second kappa shape index (κ2) is 7.16. The van der Waals surface area contributed by atoms with Gasteiger partial charge in [0.15, 0.2) is 0 Å². The summed E-state index contributed by atoms with van der Waals surface area (Å²) in [6, 6.07) is 0. The Morgan fingerprint density at radius 1 is 1.70 bits per heavy atom. The van der Waals surface area contributed by atoms with Crippen molar-refractivity contribution in [1.82, 2.24) is 4.81 Å². The van der Waals surface area contributed by atoms with Gasteiger partial charge in [-0.3, -0.25) is 0 Å². The van der Waals surface area contributed by atoms with Gasteiger partial charge < -0.3 is 9.13 Å². The number of hydrogen-bond donors (Lipinski definition) is 0. The van der Waals surface area contributed by atoms with Gasteiger partial charge in [-0.05, 0) is 13.2 Å². The number of hydrogen-bond acceptors (Lipinski definition) is 2. The molecule has 0 bridgehead atoms. The summed E-state index contributed by atoms with van der Waals surface area (Å²) in [4.78, 5) is 1.60. The zero-order chi connectivity index (χ0) is 7.82. The smallest absolute Gasteiger partial charge is 0.316 e. The molecule has 0 aromatic carbocycles. The highest BCUT2D eigenvalue weighted by Gasteiger charge is 2.01. The van der Waals surface area contributed by atoms with Crippen LogP contribution >= 0.6 is 11.8 Å². The minimum absolute atomic E-state index is 0.622. The van der Waals surface area contributed by atoms with Crippen LogP contribution in [0.1, 0.15) is 6.92 Å². The topological polar surface area (TPSA) is 3.24 Å². The van der Waals surface area contributed by atoms with E-state index in [0.717, 1.165) is 0 Å². The highest BCUT2D eigenvalue weighted by molar-refractivity contribution is 7.98. The summed E-state index contributed by atoms with van der Waals surface area (Å²) >= 11 is 1.61. The summed E-state index contributed by atoms with van der Waals surface area (Å²) in [6.45, 7) is 2.59. The number of halogens is 1. The first-order valence-electron chi connectivity index (χ1n) is 3.12. The quantitative estimate of drug-likeness (QED) is 0.342. The van der Waals surface area contributed by atoms with Crippen molar-refractivity contribution in [1.29, 1.82) is 0 Å². The molecule has 4 heteroatoms. The van der Waals surface area contributed by atoms with Crippen molar-refractivity contribution in [3.8, 4) is 0 Å². The van der Waals surface area contributed by atoms with Gasteiger partial charge >= 0.3 is 7.69 Å². The van der Waals surface area contributed by atoms with Gasteiger partial charge in [0.05, 0.1) is 0 Å². The fraction of sp³-hybridized carbons (Fsp3) is 0.667. The van der Waals surface area contributed by atoms with Crippen molar-refractivity contribution in [2.75, 3.05) is 18.7 Å². The predicted octanol–water partition coefficient (Wildman–Crippen LogP) is 1.69.